The zero-order valence-corrected chi connectivity index (χ0v) is 21.7. The lowest BCUT2D eigenvalue weighted by Crippen LogP contribution is -1.95. The molecule has 9 rings (SSSR count). The SMILES string of the molecule is c1ccc(-n2c3ccc4c5ccccc5n(-c5nc6ccccc6s5)c4c3c3ccc4ccccc4c32)cc1. The largest absolute Gasteiger partial charge is 0.309 e. The van der Waals surface area contributed by atoms with Gasteiger partial charge in [-0.15, -0.1) is 0 Å². The van der Waals surface area contributed by atoms with Gasteiger partial charge in [-0.05, 0) is 41.8 Å². The minimum absolute atomic E-state index is 0.997. The zero-order chi connectivity index (χ0) is 25.5. The van der Waals surface area contributed by atoms with Gasteiger partial charge < -0.3 is 4.57 Å². The van der Waals surface area contributed by atoms with E-state index in [9.17, 15) is 0 Å². The molecule has 182 valence electrons. The molecule has 39 heavy (non-hydrogen) atoms. The standard InChI is InChI=1S/C35H21N3S/c1-2-11-23(12-3-1)37-30-21-20-26-25-14-6-8-16-29(25)38(35-36-28-15-7-9-17-31(28)39-35)34(26)32(30)27-19-18-22-10-4-5-13-24(22)33(27)37/h1-21H. The van der Waals surface area contributed by atoms with Crippen LogP contribution >= 0.6 is 11.3 Å². The Bertz CT molecular complexity index is 2360. The summed E-state index contributed by atoms with van der Waals surface area (Å²) in [6.45, 7) is 0. The number of rotatable bonds is 2. The zero-order valence-electron chi connectivity index (χ0n) is 20.9. The third kappa shape index (κ3) is 2.84. The summed E-state index contributed by atoms with van der Waals surface area (Å²) in [4.78, 5) is 5.13. The van der Waals surface area contributed by atoms with Gasteiger partial charge in [0.2, 0.25) is 0 Å². The Kier molecular flexibility index (Phi) is 4.21. The molecule has 0 saturated heterocycles. The molecule has 0 radical (unpaired) electrons. The van der Waals surface area contributed by atoms with E-state index in [1.807, 2.05) is 0 Å². The topological polar surface area (TPSA) is 22.8 Å². The van der Waals surface area contributed by atoms with Crippen molar-refractivity contribution in [2.24, 2.45) is 0 Å². The molecule has 0 unspecified atom stereocenters. The van der Waals surface area contributed by atoms with Gasteiger partial charge in [-0.25, -0.2) is 4.98 Å². The van der Waals surface area contributed by atoms with Crippen LogP contribution < -0.4 is 0 Å². The van der Waals surface area contributed by atoms with E-state index in [-0.39, 0.29) is 0 Å². The van der Waals surface area contributed by atoms with Crippen LogP contribution in [0.15, 0.2) is 127 Å². The van der Waals surface area contributed by atoms with Crippen molar-refractivity contribution in [3.05, 3.63) is 127 Å². The van der Waals surface area contributed by atoms with Gasteiger partial charge in [0, 0.05) is 32.6 Å². The maximum atomic E-state index is 5.13. The monoisotopic (exact) mass is 515 g/mol. The summed E-state index contributed by atoms with van der Waals surface area (Å²) in [6, 6.07) is 45.7. The quantitative estimate of drug-likeness (QED) is 0.225. The number of benzene rings is 6. The summed E-state index contributed by atoms with van der Waals surface area (Å²) >= 11 is 1.75. The highest BCUT2D eigenvalue weighted by molar-refractivity contribution is 7.20. The first-order valence-corrected chi connectivity index (χ1v) is 14.0. The molecule has 6 aromatic carbocycles. The van der Waals surface area contributed by atoms with Crippen molar-refractivity contribution in [3.63, 3.8) is 0 Å². The van der Waals surface area contributed by atoms with E-state index in [0.717, 1.165) is 16.3 Å². The van der Waals surface area contributed by atoms with Crippen molar-refractivity contribution in [2.45, 2.75) is 0 Å². The third-order valence-electron chi connectivity index (χ3n) is 7.94. The summed E-state index contributed by atoms with van der Waals surface area (Å²) in [5, 5.41) is 8.50. The normalized spacial score (nSPS) is 12.1. The third-order valence-corrected chi connectivity index (χ3v) is 8.96. The van der Waals surface area contributed by atoms with E-state index in [1.54, 1.807) is 11.3 Å². The minimum Gasteiger partial charge on any atom is -0.309 e. The first kappa shape index (κ1) is 21.1. The second-order valence-corrected chi connectivity index (χ2v) is 11.0. The van der Waals surface area contributed by atoms with E-state index in [1.165, 1.54) is 59.1 Å². The van der Waals surface area contributed by atoms with Gasteiger partial charge in [0.15, 0.2) is 5.13 Å². The highest BCUT2D eigenvalue weighted by Crippen LogP contribution is 2.44. The van der Waals surface area contributed by atoms with Crippen molar-refractivity contribution in [3.8, 4) is 10.8 Å². The second kappa shape index (κ2) is 7.79. The van der Waals surface area contributed by atoms with Gasteiger partial charge in [0.25, 0.3) is 0 Å². The van der Waals surface area contributed by atoms with E-state index >= 15 is 0 Å². The summed E-state index contributed by atoms with van der Waals surface area (Å²) in [6.07, 6.45) is 0. The number of aromatic nitrogens is 3. The van der Waals surface area contributed by atoms with E-state index in [0.29, 0.717) is 0 Å². The maximum Gasteiger partial charge on any atom is 0.195 e. The lowest BCUT2D eigenvalue weighted by molar-refractivity contribution is 1.15. The highest BCUT2D eigenvalue weighted by Gasteiger charge is 2.22. The van der Waals surface area contributed by atoms with Crippen molar-refractivity contribution < 1.29 is 0 Å². The van der Waals surface area contributed by atoms with Gasteiger partial charge in [0.05, 0.1) is 32.3 Å². The van der Waals surface area contributed by atoms with Crippen LogP contribution in [0.25, 0.3) is 75.4 Å². The van der Waals surface area contributed by atoms with E-state index in [2.05, 4.69) is 137 Å². The Hall–Kier alpha value is -4.93. The Balaban J connectivity index is 1.56. The number of thiazole rings is 1. The second-order valence-electron chi connectivity index (χ2n) is 10.0. The molecule has 9 aromatic rings. The van der Waals surface area contributed by atoms with Gasteiger partial charge in [-0.2, -0.15) is 0 Å². The fourth-order valence-electron chi connectivity index (χ4n) is 6.32. The summed E-state index contributed by atoms with van der Waals surface area (Å²) in [5.41, 5.74) is 7.03. The fraction of sp³-hybridized carbons (Fsp3) is 0. The predicted octanol–water partition coefficient (Wildman–Crippen LogP) is 9.64. The molecule has 0 amide bonds. The maximum absolute atomic E-state index is 5.13. The van der Waals surface area contributed by atoms with Crippen LogP contribution in [0.5, 0.6) is 0 Å². The number of nitrogens with zero attached hydrogens (tertiary/aromatic N) is 3. The molecule has 0 bridgehead atoms. The molecule has 0 aliphatic carbocycles. The molecule has 3 heterocycles. The van der Waals surface area contributed by atoms with Crippen LogP contribution in [0.4, 0.5) is 0 Å². The summed E-state index contributed by atoms with van der Waals surface area (Å²) in [7, 11) is 0. The lowest BCUT2D eigenvalue weighted by atomic mass is 10.0. The molecule has 0 fully saturated rings. The minimum atomic E-state index is 0.997. The van der Waals surface area contributed by atoms with Crippen LogP contribution in [0.3, 0.4) is 0 Å². The lowest BCUT2D eigenvalue weighted by Gasteiger charge is -2.09. The molecule has 0 saturated carbocycles. The van der Waals surface area contributed by atoms with Crippen LogP contribution in [0.2, 0.25) is 0 Å². The smallest absolute Gasteiger partial charge is 0.195 e. The Morgan fingerprint density at radius 3 is 2.13 bits per heavy atom. The van der Waals surface area contributed by atoms with Crippen LogP contribution in [-0.4, -0.2) is 14.1 Å². The average molecular weight is 516 g/mol. The van der Waals surface area contributed by atoms with Crippen LogP contribution in [-0.2, 0) is 0 Å². The first-order valence-electron chi connectivity index (χ1n) is 13.2. The molecule has 0 aliphatic rings. The molecular weight excluding hydrogens is 494 g/mol. The van der Waals surface area contributed by atoms with Gasteiger partial charge in [0.1, 0.15) is 0 Å². The molecule has 0 aliphatic heterocycles. The molecule has 0 N–H and O–H groups in total. The average Bonchev–Trinajstić information content (AvgIpc) is 3.67. The Labute approximate surface area is 227 Å². The van der Waals surface area contributed by atoms with Crippen molar-refractivity contribution in [1.82, 2.24) is 14.1 Å². The number of fused-ring (bicyclic) bond motifs is 10. The summed E-state index contributed by atoms with van der Waals surface area (Å²) in [5.74, 6) is 0. The predicted molar refractivity (Wildman–Crippen MR) is 166 cm³/mol. The van der Waals surface area contributed by atoms with Gasteiger partial charge in [-0.3, -0.25) is 4.57 Å². The molecule has 3 nitrogen and oxygen atoms in total. The molecule has 4 heteroatoms. The number of para-hydroxylation sites is 3. The van der Waals surface area contributed by atoms with Crippen molar-refractivity contribution in [1.29, 1.82) is 0 Å². The van der Waals surface area contributed by atoms with E-state index < -0.39 is 0 Å². The highest BCUT2D eigenvalue weighted by atomic mass is 32.1. The molecule has 0 spiro atoms. The van der Waals surface area contributed by atoms with Crippen molar-refractivity contribution in [2.75, 3.05) is 0 Å². The van der Waals surface area contributed by atoms with Crippen LogP contribution in [0.1, 0.15) is 0 Å². The van der Waals surface area contributed by atoms with Gasteiger partial charge in [-0.1, -0.05) is 102 Å². The molecule has 3 aromatic heterocycles. The van der Waals surface area contributed by atoms with E-state index in [4.69, 9.17) is 4.98 Å². The Morgan fingerprint density at radius 1 is 0.487 bits per heavy atom. The first-order chi connectivity index (χ1) is 19.4. The number of hydrogen-bond acceptors (Lipinski definition) is 2. The van der Waals surface area contributed by atoms with Gasteiger partial charge >= 0.3 is 0 Å². The van der Waals surface area contributed by atoms with Crippen LogP contribution in [0, 0.1) is 0 Å². The fourth-order valence-corrected chi connectivity index (χ4v) is 7.30. The molecular formula is C35H21N3S. The Morgan fingerprint density at radius 2 is 1.23 bits per heavy atom. The van der Waals surface area contributed by atoms with Crippen molar-refractivity contribution >= 4 is 75.9 Å². The molecule has 0 atom stereocenters. The summed E-state index contributed by atoms with van der Waals surface area (Å²) < 4.78 is 6.03. The number of hydrogen-bond donors (Lipinski definition) is 0.